The van der Waals surface area contributed by atoms with E-state index in [1.165, 1.54) is 29.3 Å². The van der Waals surface area contributed by atoms with E-state index >= 15 is 0 Å². The van der Waals surface area contributed by atoms with Crippen LogP contribution in [0.25, 0.3) is 0 Å². The molecule has 3 nitrogen and oxygen atoms in total. The Kier molecular flexibility index (Phi) is 6.70. The van der Waals surface area contributed by atoms with E-state index in [0.717, 1.165) is 16.9 Å². The van der Waals surface area contributed by atoms with Gasteiger partial charge in [-0.2, -0.15) is 24.9 Å². The number of carboxylic acids is 1. The molecule has 1 unspecified atom stereocenters. The second kappa shape index (κ2) is 8.55. The maximum absolute atomic E-state index is 13.2. The maximum Gasteiger partial charge on any atom is 0.408 e. The maximum atomic E-state index is 13.2. The van der Waals surface area contributed by atoms with Crippen molar-refractivity contribution in [2.75, 3.05) is 5.75 Å². The van der Waals surface area contributed by atoms with Crippen LogP contribution in [0.4, 0.5) is 13.2 Å². The minimum absolute atomic E-state index is 0.0438. The van der Waals surface area contributed by atoms with Crippen LogP contribution in [0.15, 0.2) is 47.8 Å². The summed E-state index contributed by atoms with van der Waals surface area (Å²) < 4.78 is 39.7. The van der Waals surface area contributed by atoms with Gasteiger partial charge in [-0.25, -0.2) is 0 Å². The van der Waals surface area contributed by atoms with Crippen molar-refractivity contribution in [3.05, 3.63) is 58.3 Å². The highest BCUT2D eigenvalue weighted by Gasteiger charge is 2.43. The summed E-state index contributed by atoms with van der Waals surface area (Å²) in [7, 11) is 0. The minimum Gasteiger partial charge on any atom is -0.480 e. The average Bonchev–Trinajstić information content (AvgIpc) is 3.04. The Morgan fingerprint density at radius 2 is 1.92 bits per heavy atom. The molecule has 0 fully saturated rings. The van der Waals surface area contributed by atoms with Gasteiger partial charge >= 0.3 is 12.1 Å². The SMILES string of the molecule is O=C(O)[C@H](CSCc1ccccc1)NC(c1cccs1)C(F)(F)F. The molecular weight excluding hydrogens is 359 g/mol. The fraction of sp³-hybridized carbons (Fsp3) is 0.312. The van der Waals surface area contributed by atoms with Gasteiger partial charge in [0.2, 0.25) is 0 Å². The molecule has 1 aromatic heterocycles. The van der Waals surface area contributed by atoms with Crippen LogP contribution in [0.5, 0.6) is 0 Å². The Morgan fingerprint density at radius 3 is 2.46 bits per heavy atom. The Morgan fingerprint density at radius 1 is 1.21 bits per heavy atom. The molecule has 0 bridgehead atoms. The van der Waals surface area contributed by atoms with Gasteiger partial charge in [0.05, 0.1) is 0 Å². The summed E-state index contributed by atoms with van der Waals surface area (Å²) in [6, 6.07) is 8.97. The molecule has 0 aliphatic carbocycles. The van der Waals surface area contributed by atoms with Crippen LogP contribution in [-0.2, 0) is 10.5 Å². The Labute approximate surface area is 145 Å². The van der Waals surface area contributed by atoms with E-state index in [2.05, 4.69) is 5.32 Å². The number of thiophene rings is 1. The summed E-state index contributed by atoms with van der Waals surface area (Å²) in [6.45, 7) is 0. The third-order valence-corrected chi connectivity index (χ3v) is 5.26. The number of nitrogens with one attached hydrogen (secondary N) is 1. The number of thioether (sulfide) groups is 1. The number of hydrogen-bond acceptors (Lipinski definition) is 4. The van der Waals surface area contributed by atoms with Crippen LogP contribution >= 0.6 is 23.1 Å². The van der Waals surface area contributed by atoms with Gasteiger partial charge < -0.3 is 5.11 Å². The highest BCUT2D eigenvalue weighted by Crippen LogP contribution is 2.35. The molecule has 130 valence electrons. The topological polar surface area (TPSA) is 49.3 Å². The van der Waals surface area contributed by atoms with E-state index in [1.54, 1.807) is 0 Å². The van der Waals surface area contributed by atoms with Crippen molar-refractivity contribution >= 4 is 29.1 Å². The molecule has 2 rings (SSSR count). The molecule has 1 aromatic carbocycles. The van der Waals surface area contributed by atoms with Crippen molar-refractivity contribution in [3.8, 4) is 0 Å². The molecule has 8 heteroatoms. The first-order chi connectivity index (χ1) is 11.4. The fourth-order valence-corrected chi connectivity index (χ4v) is 3.88. The second-order valence-electron chi connectivity index (χ2n) is 5.05. The largest absolute Gasteiger partial charge is 0.480 e. The molecule has 2 aromatic rings. The van der Waals surface area contributed by atoms with Crippen molar-refractivity contribution in [2.24, 2.45) is 0 Å². The third kappa shape index (κ3) is 5.54. The predicted octanol–water partition coefficient (Wildman–Crippen LogP) is 4.33. The van der Waals surface area contributed by atoms with Crippen LogP contribution in [-0.4, -0.2) is 29.0 Å². The summed E-state index contributed by atoms with van der Waals surface area (Å²) in [5.41, 5.74) is 0.997. The first kappa shape index (κ1) is 18.8. The summed E-state index contributed by atoms with van der Waals surface area (Å²) >= 11 is 2.24. The number of benzene rings is 1. The van der Waals surface area contributed by atoms with Crippen molar-refractivity contribution in [3.63, 3.8) is 0 Å². The minimum atomic E-state index is -4.55. The summed E-state index contributed by atoms with van der Waals surface area (Å²) in [4.78, 5) is 11.4. The first-order valence-electron chi connectivity index (χ1n) is 7.08. The lowest BCUT2D eigenvalue weighted by atomic mass is 10.2. The van der Waals surface area contributed by atoms with Crippen LogP contribution in [0.1, 0.15) is 16.5 Å². The average molecular weight is 375 g/mol. The third-order valence-electron chi connectivity index (χ3n) is 3.22. The monoisotopic (exact) mass is 375 g/mol. The summed E-state index contributed by atoms with van der Waals surface area (Å²) in [6.07, 6.45) is -4.55. The van der Waals surface area contributed by atoms with Gasteiger partial charge in [0.1, 0.15) is 12.1 Å². The number of carboxylic acid groups (broad SMARTS) is 1. The number of alkyl halides is 3. The van der Waals surface area contributed by atoms with E-state index in [0.29, 0.717) is 5.75 Å². The number of halogens is 3. The molecule has 0 spiro atoms. The lowest BCUT2D eigenvalue weighted by Crippen LogP contribution is -2.45. The zero-order valence-corrected chi connectivity index (χ0v) is 14.1. The fourth-order valence-electron chi connectivity index (χ4n) is 2.05. The second-order valence-corrected chi connectivity index (χ2v) is 7.06. The zero-order valence-electron chi connectivity index (χ0n) is 12.5. The highest BCUT2D eigenvalue weighted by molar-refractivity contribution is 7.98. The number of carbonyl (C=O) groups is 1. The highest BCUT2D eigenvalue weighted by atomic mass is 32.2. The molecule has 0 aliphatic heterocycles. The Bertz CT molecular complexity index is 633. The number of rotatable bonds is 8. The lowest BCUT2D eigenvalue weighted by molar-refractivity contribution is -0.161. The van der Waals surface area contributed by atoms with Gasteiger partial charge in [0.15, 0.2) is 0 Å². The molecule has 0 amide bonds. The summed E-state index contributed by atoms with van der Waals surface area (Å²) in [5, 5.41) is 13.0. The molecule has 0 saturated heterocycles. The Balaban J connectivity index is 2.00. The Hall–Kier alpha value is -1.51. The number of aliphatic carboxylic acids is 1. The molecule has 0 aliphatic rings. The standard InChI is InChI=1S/C16H16F3NO2S2/c17-16(18,19)14(13-7-4-8-24-13)20-12(15(21)22)10-23-9-11-5-2-1-3-6-11/h1-8,12,14,20H,9-10H2,(H,21,22)/t12-,14?/m0/s1. The smallest absolute Gasteiger partial charge is 0.408 e. The lowest BCUT2D eigenvalue weighted by Gasteiger charge is -2.24. The van der Waals surface area contributed by atoms with Crippen molar-refractivity contribution in [1.82, 2.24) is 5.32 Å². The van der Waals surface area contributed by atoms with Gasteiger partial charge in [-0.05, 0) is 17.0 Å². The van der Waals surface area contributed by atoms with Gasteiger partial charge in [0, 0.05) is 16.4 Å². The van der Waals surface area contributed by atoms with Gasteiger partial charge in [0.25, 0.3) is 0 Å². The molecule has 0 saturated carbocycles. The van der Waals surface area contributed by atoms with Crippen LogP contribution in [0.2, 0.25) is 0 Å². The van der Waals surface area contributed by atoms with E-state index in [4.69, 9.17) is 0 Å². The van der Waals surface area contributed by atoms with Gasteiger partial charge in [-0.3, -0.25) is 10.1 Å². The number of hydrogen-bond donors (Lipinski definition) is 2. The van der Waals surface area contributed by atoms with Crippen LogP contribution < -0.4 is 5.32 Å². The van der Waals surface area contributed by atoms with E-state index in [-0.39, 0.29) is 10.6 Å². The van der Waals surface area contributed by atoms with Crippen molar-refractivity contribution < 1.29 is 23.1 Å². The van der Waals surface area contributed by atoms with Crippen LogP contribution in [0, 0.1) is 0 Å². The summed E-state index contributed by atoms with van der Waals surface area (Å²) in [5.74, 6) is -0.703. The van der Waals surface area contributed by atoms with Gasteiger partial charge in [-0.15, -0.1) is 11.3 Å². The molecule has 2 atom stereocenters. The molecule has 1 heterocycles. The van der Waals surface area contributed by atoms with Gasteiger partial charge in [-0.1, -0.05) is 36.4 Å². The zero-order chi connectivity index (χ0) is 17.6. The quantitative estimate of drug-likeness (QED) is 0.721. The van der Waals surface area contributed by atoms with Crippen LogP contribution in [0.3, 0.4) is 0 Å². The molecular formula is C16H16F3NO2S2. The van der Waals surface area contributed by atoms with E-state index in [1.807, 2.05) is 30.3 Å². The van der Waals surface area contributed by atoms with Crippen molar-refractivity contribution in [2.45, 2.75) is 24.0 Å². The predicted molar refractivity (Wildman–Crippen MR) is 90.3 cm³/mol. The molecule has 24 heavy (non-hydrogen) atoms. The molecule has 2 N–H and O–H groups in total. The van der Waals surface area contributed by atoms with E-state index in [9.17, 15) is 23.1 Å². The van der Waals surface area contributed by atoms with E-state index < -0.39 is 24.2 Å². The normalized spacial score (nSPS) is 14.3. The van der Waals surface area contributed by atoms with Crippen molar-refractivity contribution in [1.29, 1.82) is 0 Å². The first-order valence-corrected chi connectivity index (χ1v) is 9.12. The molecule has 0 radical (unpaired) electrons.